The van der Waals surface area contributed by atoms with Gasteiger partial charge in [0.25, 0.3) is 0 Å². The molecule has 2 rings (SSSR count). The Kier molecular flexibility index (Phi) is 3.37. The van der Waals surface area contributed by atoms with Crippen LogP contribution < -0.4 is 11.1 Å². The normalized spacial score (nSPS) is 15.7. The Hall–Kier alpha value is -1.08. The van der Waals surface area contributed by atoms with E-state index in [1.54, 1.807) is 6.92 Å². The number of thiophene rings is 1. The molecule has 5 nitrogen and oxygen atoms in total. The Balaban J connectivity index is 2.52. The predicted octanol–water partition coefficient (Wildman–Crippen LogP) is 1.90. The minimum Gasteiger partial charge on any atom is -0.396 e. The molecular formula is C11H16N2O3S2. The molecule has 0 spiro atoms. The summed E-state index contributed by atoms with van der Waals surface area (Å²) in [6, 6.07) is 0.313. The fraction of sp³-hybridized carbons (Fsp3) is 0.545. The van der Waals surface area contributed by atoms with Crippen LogP contribution in [-0.4, -0.2) is 26.5 Å². The number of Topliss-reactive ketones (excluding diaryl/α,β-unsaturated/α-hetero) is 1. The summed E-state index contributed by atoms with van der Waals surface area (Å²) in [6.45, 7) is 1.73. The van der Waals surface area contributed by atoms with E-state index in [1.165, 1.54) is 0 Å². The van der Waals surface area contributed by atoms with Crippen LogP contribution in [0.3, 0.4) is 0 Å². The Labute approximate surface area is 110 Å². The third-order valence-corrected chi connectivity index (χ3v) is 5.23. The lowest BCUT2D eigenvalue weighted by atomic mass is 10.2. The molecule has 18 heavy (non-hydrogen) atoms. The highest BCUT2D eigenvalue weighted by Gasteiger charge is 2.30. The third kappa shape index (κ3) is 2.51. The van der Waals surface area contributed by atoms with Gasteiger partial charge in [-0.1, -0.05) is 6.92 Å². The summed E-state index contributed by atoms with van der Waals surface area (Å²) in [5, 5.41) is 3.65. The van der Waals surface area contributed by atoms with Gasteiger partial charge in [0.05, 0.1) is 10.6 Å². The standard InChI is InChI=1S/C11H16N2O3S2/c1-3-7(14)9-8(12)10(18(2,15)16)11(17-9)13-6-4-5-6/h6,13H,3-5,12H2,1-2H3. The molecule has 1 aliphatic carbocycles. The zero-order valence-corrected chi connectivity index (χ0v) is 12.0. The van der Waals surface area contributed by atoms with Crippen molar-refractivity contribution in [1.82, 2.24) is 0 Å². The molecule has 1 aliphatic rings. The van der Waals surface area contributed by atoms with Gasteiger partial charge in [0.2, 0.25) is 0 Å². The highest BCUT2D eigenvalue weighted by Crippen LogP contribution is 2.41. The van der Waals surface area contributed by atoms with Crippen LogP contribution in [-0.2, 0) is 9.84 Å². The molecule has 1 saturated carbocycles. The van der Waals surface area contributed by atoms with E-state index >= 15 is 0 Å². The molecule has 1 heterocycles. The number of carbonyl (C=O) groups excluding carboxylic acids is 1. The quantitative estimate of drug-likeness (QED) is 0.808. The summed E-state index contributed by atoms with van der Waals surface area (Å²) < 4.78 is 23.6. The average molecular weight is 288 g/mol. The summed E-state index contributed by atoms with van der Waals surface area (Å²) in [6.07, 6.45) is 3.48. The number of rotatable bonds is 5. The topological polar surface area (TPSA) is 89.3 Å². The minimum atomic E-state index is -3.43. The van der Waals surface area contributed by atoms with Gasteiger partial charge in [-0.25, -0.2) is 8.42 Å². The van der Waals surface area contributed by atoms with Crippen molar-refractivity contribution in [1.29, 1.82) is 0 Å². The van der Waals surface area contributed by atoms with E-state index in [0.29, 0.717) is 22.3 Å². The first-order valence-electron chi connectivity index (χ1n) is 5.76. The fourth-order valence-electron chi connectivity index (χ4n) is 1.67. The van der Waals surface area contributed by atoms with Gasteiger partial charge < -0.3 is 11.1 Å². The number of nitrogen functional groups attached to an aromatic ring is 1. The summed E-state index contributed by atoms with van der Waals surface area (Å²) >= 11 is 1.15. The molecule has 3 N–H and O–H groups in total. The largest absolute Gasteiger partial charge is 0.396 e. The SMILES string of the molecule is CCC(=O)c1sc(NC2CC2)c(S(C)(=O)=O)c1N. The van der Waals surface area contributed by atoms with Crippen LogP contribution in [0.5, 0.6) is 0 Å². The second-order valence-electron chi connectivity index (χ2n) is 4.47. The number of ketones is 1. The van der Waals surface area contributed by atoms with Crippen LogP contribution in [0.15, 0.2) is 4.90 Å². The van der Waals surface area contributed by atoms with Crippen molar-refractivity contribution >= 4 is 37.6 Å². The van der Waals surface area contributed by atoms with Gasteiger partial charge in [0.1, 0.15) is 9.90 Å². The predicted molar refractivity (Wildman–Crippen MR) is 73.1 cm³/mol. The van der Waals surface area contributed by atoms with E-state index in [1.807, 2.05) is 0 Å². The van der Waals surface area contributed by atoms with Crippen LogP contribution >= 0.6 is 11.3 Å². The van der Waals surface area contributed by atoms with Gasteiger partial charge in [0, 0.05) is 18.7 Å². The maximum atomic E-state index is 11.8. The Morgan fingerprint density at radius 1 is 1.50 bits per heavy atom. The first-order valence-corrected chi connectivity index (χ1v) is 8.47. The number of anilines is 2. The van der Waals surface area contributed by atoms with Crippen molar-refractivity contribution in [2.24, 2.45) is 0 Å². The lowest BCUT2D eigenvalue weighted by Gasteiger charge is -2.04. The Morgan fingerprint density at radius 2 is 2.11 bits per heavy atom. The smallest absolute Gasteiger partial charge is 0.180 e. The van der Waals surface area contributed by atoms with Crippen LogP contribution in [0, 0.1) is 0 Å². The molecule has 7 heteroatoms. The van der Waals surface area contributed by atoms with Gasteiger partial charge in [-0.3, -0.25) is 4.79 Å². The molecule has 1 fully saturated rings. The molecule has 0 amide bonds. The minimum absolute atomic E-state index is 0.0798. The number of nitrogens with one attached hydrogen (secondary N) is 1. The molecule has 0 atom stereocenters. The Bertz CT molecular complexity index is 586. The number of hydrogen-bond donors (Lipinski definition) is 2. The molecule has 0 saturated heterocycles. The molecule has 0 radical (unpaired) electrons. The second kappa shape index (κ2) is 4.55. The zero-order chi connectivity index (χ0) is 13.5. The number of sulfone groups is 1. The van der Waals surface area contributed by atoms with E-state index in [9.17, 15) is 13.2 Å². The average Bonchev–Trinajstić information content (AvgIpc) is 2.99. The van der Waals surface area contributed by atoms with Gasteiger partial charge in [0.15, 0.2) is 15.6 Å². The van der Waals surface area contributed by atoms with E-state index in [-0.39, 0.29) is 16.4 Å². The molecule has 0 unspecified atom stereocenters. The summed E-state index contributed by atoms with van der Waals surface area (Å²) in [7, 11) is -3.43. The van der Waals surface area contributed by atoms with Crippen molar-refractivity contribution in [2.45, 2.75) is 37.1 Å². The van der Waals surface area contributed by atoms with Crippen molar-refractivity contribution in [3.63, 3.8) is 0 Å². The number of carbonyl (C=O) groups is 1. The maximum Gasteiger partial charge on any atom is 0.180 e. The van der Waals surface area contributed by atoms with Gasteiger partial charge >= 0.3 is 0 Å². The van der Waals surface area contributed by atoms with Crippen molar-refractivity contribution in [3.05, 3.63) is 4.88 Å². The van der Waals surface area contributed by atoms with Crippen LogP contribution in [0.2, 0.25) is 0 Å². The molecule has 1 aromatic rings. The van der Waals surface area contributed by atoms with Gasteiger partial charge in [-0.15, -0.1) is 11.3 Å². The van der Waals surface area contributed by atoms with E-state index in [0.717, 1.165) is 30.4 Å². The second-order valence-corrected chi connectivity index (χ2v) is 7.44. The number of nitrogens with two attached hydrogens (primary N) is 1. The molecule has 100 valence electrons. The molecule has 0 aromatic carbocycles. The van der Waals surface area contributed by atoms with Crippen LogP contribution in [0.1, 0.15) is 35.9 Å². The van der Waals surface area contributed by atoms with E-state index < -0.39 is 9.84 Å². The molecule has 0 bridgehead atoms. The van der Waals surface area contributed by atoms with Crippen LogP contribution in [0.4, 0.5) is 10.7 Å². The summed E-state index contributed by atoms with van der Waals surface area (Å²) in [5.41, 5.74) is 5.93. The Morgan fingerprint density at radius 3 is 2.56 bits per heavy atom. The van der Waals surface area contributed by atoms with Gasteiger partial charge in [-0.2, -0.15) is 0 Å². The van der Waals surface area contributed by atoms with Crippen LogP contribution in [0.25, 0.3) is 0 Å². The third-order valence-electron chi connectivity index (χ3n) is 2.76. The highest BCUT2D eigenvalue weighted by atomic mass is 32.2. The summed E-state index contributed by atoms with van der Waals surface area (Å²) in [4.78, 5) is 12.2. The first kappa shape index (κ1) is 13.4. The molecular weight excluding hydrogens is 272 g/mol. The van der Waals surface area contributed by atoms with E-state index in [2.05, 4.69) is 5.32 Å². The van der Waals surface area contributed by atoms with Gasteiger partial charge in [-0.05, 0) is 12.8 Å². The van der Waals surface area contributed by atoms with Crippen molar-refractivity contribution in [2.75, 3.05) is 17.3 Å². The summed E-state index contributed by atoms with van der Waals surface area (Å²) in [5.74, 6) is -0.119. The van der Waals surface area contributed by atoms with Crippen molar-refractivity contribution in [3.8, 4) is 0 Å². The maximum absolute atomic E-state index is 11.8. The molecule has 0 aliphatic heterocycles. The highest BCUT2D eigenvalue weighted by molar-refractivity contribution is 7.91. The lowest BCUT2D eigenvalue weighted by molar-refractivity contribution is 0.0992. The fourth-order valence-corrected chi connectivity index (χ4v) is 4.32. The lowest BCUT2D eigenvalue weighted by Crippen LogP contribution is -2.07. The number of hydrogen-bond acceptors (Lipinski definition) is 6. The zero-order valence-electron chi connectivity index (χ0n) is 10.3. The first-order chi connectivity index (χ1) is 8.34. The monoisotopic (exact) mass is 288 g/mol. The molecule has 1 aromatic heterocycles. The van der Waals surface area contributed by atoms with E-state index in [4.69, 9.17) is 5.73 Å². The van der Waals surface area contributed by atoms with Crippen molar-refractivity contribution < 1.29 is 13.2 Å².